The van der Waals surface area contributed by atoms with Crippen LogP contribution in [0.4, 0.5) is 0 Å². The molecule has 0 saturated carbocycles. The van der Waals surface area contributed by atoms with Crippen LogP contribution in [-0.4, -0.2) is 36.1 Å². The Morgan fingerprint density at radius 3 is 2.80 bits per heavy atom. The molecular weight excluding hydrogens is 281 g/mol. The van der Waals surface area contributed by atoms with E-state index in [0.29, 0.717) is 21.6 Å². The average Bonchev–Trinajstić information content (AvgIpc) is 2.21. The van der Waals surface area contributed by atoms with Crippen molar-refractivity contribution in [3.63, 3.8) is 0 Å². The van der Waals surface area contributed by atoms with Crippen molar-refractivity contribution >= 4 is 33.4 Å². The predicted molar refractivity (Wildman–Crippen MR) is 63.2 cm³/mol. The van der Waals surface area contributed by atoms with Crippen molar-refractivity contribution in [2.75, 3.05) is 20.2 Å². The molecule has 0 unspecified atom stereocenters. The van der Waals surface area contributed by atoms with E-state index in [1.54, 1.807) is 25.2 Å². The molecule has 0 aliphatic heterocycles. The van der Waals surface area contributed by atoms with Gasteiger partial charge in [0.2, 0.25) is 0 Å². The zero-order valence-electron chi connectivity index (χ0n) is 8.20. The Bertz CT molecular complexity index is 370. The second-order valence-electron chi connectivity index (χ2n) is 3.08. The van der Waals surface area contributed by atoms with Crippen LogP contribution in [0.3, 0.4) is 0 Å². The third kappa shape index (κ3) is 3.19. The Morgan fingerprint density at radius 2 is 2.27 bits per heavy atom. The van der Waals surface area contributed by atoms with Crippen LogP contribution >= 0.6 is 27.5 Å². The van der Waals surface area contributed by atoms with E-state index < -0.39 is 0 Å². The zero-order valence-corrected chi connectivity index (χ0v) is 10.5. The first-order chi connectivity index (χ1) is 7.06. The van der Waals surface area contributed by atoms with Gasteiger partial charge in [0.1, 0.15) is 0 Å². The van der Waals surface area contributed by atoms with E-state index in [1.807, 2.05) is 0 Å². The summed E-state index contributed by atoms with van der Waals surface area (Å²) in [6, 6.07) is 4.98. The highest BCUT2D eigenvalue weighted by Crippen LogP contribution is 2.23. The SMILES string of the molecule is CN(CCO)C(=O)c1ccc(Cl)c(Br)c1. The van der Waals surface area contributed by atoms with Crippen molar-refractivity contribution in [1.82, 2.24) is 4.90 Å². The molecule has 0 spiro atoms. The first-order valence-corrected chi connectivity index (χ1v) is 5.54. The maximum atomic E-state index is 11.7. The van der Waals surface area contributed by atoms with Gasteiger partial charge in [-0.05, 0) is 34.1 Å². The third-order valence-corrected chi connectivity index (χ3v) is 3.16. The van der Waals surface area contributed by atoms with Crippen molar-refractivity contribution in [2.24, 2.45) is 0 Å². The van der Waals surface area contributed by atoms with Gasteiger partial charge in [-0.1, -0.05) is 11.6 Å². The molecule has 0 atom stereocenters. The molecule has 0 heterocycles. The van der Waals surface area contributed by atoms with Crippen molar-refractivity contribution < 1.29 is 9.90 Å². The Kier molecular flexibility index (Phi) is 4.57. The number of aliphatic hydroxyl groups is 1. The predicted octanol–water partition coefficient (Wildman–Crippen LogP) is 2.17. The minimum Gasteiger partial charge on any atom is -0.395 e. The van der Waals surface area contributed by atoms with Crippen molar-refractivity contribution in [3.05, 3.63) is 33.3 Å². The molecule has 1 N–H and O–H groups in total. The van der Waals surface area contributed by atoms with Gasteiger partial charge in [0.25, 0.3) is 5.91 Å². The highest BCUT2D eigenvalue weighted by atomic mass is 79.9. The molecular formula is C10H11BrClNO2. The lowest BCUT2D eigenvalue weighted by atomic mass is 10.2. The lowest BCUT2D eigenvalue weighted by Gasteiger charge is -2.15. The van der Waals surface area contributed by atoms with Crippen LogP contribution < -0.4 is 0 Å². The first-order valence-electron chi connectivity index (χ1n) is 4.37. The Hall–Kier alpha value is -0.580. The van der Waals surface area contributed by atoms with Crippen LogP contribution in [0.25, 0.3) is 0 Å². The number of hydrogen-bond acceptors (Lipinski definition) is 2. The molecule has 0 fully saturated rings. The van der Waals surface area contributed by atoms with Crippen LogP contribution in [0.5, 0.6) is 0 Å². The minimum absolute atomic E-state index is 0.0446. The van der Waals surface area contributed by atoms with Crippen LogP contribution in [0.1, 0.15) is 10.4 Å². The summed E-state index contributed by atoms with van der Waals surface area (Å²) in [5.41, 5.74) is 0.544. The average molecular weight is 293 g/mol. The van der Waals surface area contributed by atoms with Crippen molar-refractivity contribution in [3.8, 4) is 0 Å². The number of amides is 1. The molecule has 1 aromatic carbocycles. The topological polar surface area (TPSA) is 40.5 Å². The van der Waals surface area contributed by atoms with Gasteiger partial charge in [-0.15, -0.1) is 0 Å². The second-order valence-corrected chi connectivity index (χ2v) is 4.34. The summed E-state index contributed by atoms with van der Waals surface area (Å²) in [5.74, 6) is -0.138. The summed E-state index contributed by atoms with van der Waals surface area (Å²) in [6.45, 7) is 0.274. The number of carbonyl (C=O) groups is 1. The molecule has 0 aliphatic carbocycles. The summed E-state index contributed by atoms with van der Waals surface area (Å²) in [4.78, 5) is 13.2. The van der Waals surface area contributed by atoms with E-state index >= 15 is 0 Å². The molecule has 0 radical (unpaired) electrons. The number of nitrogens with zero attached hydrogens (tertiary/aromatic N) is 1. The molecule has 0 aromatic heterocycles. The van der Waals surface area contributed by atoms with Crippen molar-refractivity contribution in [1.29, 1.82) is 0 Å². The molecule has 3 nitrogen and oxygen atoms in total. The Labute approximate surface area is 102 Å². The van der Waals surface area contributed by atoms with Gasteiger partial charge in [-0.3, -0.25) is 4.79 Å². The lowest BCUT2D eigenvalue weighted by molar-refractivity contribution is 0.0767. The van der Waals surface area contributed by atoms with E-state index in [1.165, 1.54) is 4.90 Å². The van der Waals surface area contributed by atoms with E-state index in [9.17, 15) is 4.79 Å². The lowest BCUT2D eigenvalue weighted by Crippen LogP contribution is -2.29. The van der Waals surface area contributed by atoms with E-state index in [4.69, 9.17) is 16.7 Å². The molecule has 0 bridgehead atoms. The minimum atomic E-state index is -0.138. The normalized spacial score (nSPS) is 10.1. The molecule has 1 amide bonds. The van der Waals surface area contributed by atoms with E-state index in [2.05, 4.69) is 15.9 Å². The van der Waals surface area contributed by atoms with Gasteiger partial charge in [-0.2, -0.15) is 0 Å². The van der Waals surface area contributed by atoms with Gasteiger partial charge in [-0.25, -0.2) is 0 Å². The third-order valence-electron chi connectivity index (χ3n) is 1.95. The zero-order chi connectivity index (χ0) is 11.4. The smallest absolute Gasteiger partial charge is 0.253 e. The molecule has 1 rings (SSSR count). The number of hydrogen-bond donors (Lipinski definition) is 1. The summed E-state index contributed by atoms with van der Waals surface area (Å²) in [5, 5.41) is 9.27. The van der Waals surface area contributed by atoms with Crippen LogP contribution in [-0.2, 0) is 0 Å². The van der Waals surface area contributed by atoms with Gasteiger partial charge in [0, 0.05) is 23.6 Å². The summed E-state index contributed by atoms with van der Waals surface area (Å²) in [7, 11) is 1.64. The molecule has 1 aromatic rings. The van der Waals surface area contributed by atoms with Crippen LogP contribution in [0, 0.1) is 0 Å². The number of rotatable bonds is 3. The van der Waals surface area contributed by atoms with E-state index in [0.717, 1.165) is 0 Å². The highest BCUT2D eigenvalue weighted by molar-refractivity contribution is 9.10. The molecule has 0 aliphatic rings. The maximum Gasteiger partial charge on any atom is 0.253 e. The van der Waals surface area contributed by atoms with Crippen LogP contribution in [0.15, 0.2) is 22.7 Å². The quantitative estimate of drug-likeness (QED) is 0.927. The number of aliphatic hydroxyl groups excluding tert-OH is 1. The Morgan fingerprint density at radius 1 is 1.60 bits per heavy atom. The fourth-order valence-corrected chi connectivity index (χ4v) is 1.60. The monoisotopic (exact) mass is 291 g/mol. The van der Waals surface area contributed by atoms with Crippen LogP contribution in [0.2, 0.25) is 5.02 Å². The number of benzene rings is 1. The molecule has 5 heteroatoms. The van der Waals surface area contributed by atoms with Gasteiger partial charge < -0.3 is 10.0 Å². The summed E-state index contributed by atoms with van der Waals surface area (Å²) in [6.07, 6.45) is 0. The molecule has 0 saturated heterocycles. The Balaban J connectivity index is 2.87. The number of halogens is 2. The summed E-state index contributed by atoms with van der Waals surface area (Å²) < 4.78 is 0.687. The highest BCUT2D eigenvalue weighted by Gasteiger charge is 2.11. The number of likely N-dealkylation sites (N-methyl/N-ethyl adjacent to an activating group) is 1. The molecule has 82 valence electrons. The largest absolute Gasteiger partial charge is 0.395 e. The van der Waals surface area contributed by atoms with E-state index in [-0.39, 0.29) is 12.5 Å². The second kappa shape index (κ2) is 5.49. The first kappa shape index (κ1) is 12.5. The molecule has 15 heavy (non-hydrogen) atoms. The fourth-order valence-electron chi connectivity index (χ4n) is 1.10. The fraction of sp³-hybridized carbons (Fsp3) is 0.300. The van der Waals surface area contributed by atoms with Gasteiger partial charge in [0.15, 0.2) is 0 Å². The van der Waals surface area contributed by atoms with Gasteiger partial charge >= 0.3 is 0 Å². The van der Waals surface area contributed by atoms with Crippen molar-refractivity contribution in [2.45, 2.75) is 0 Å². The number of carbonyl (C=O) groups excluding carboxylic acids is 1. The maximum absolute atomic E-state index is 11.7. The summed E-state index contributed by atoms with van der Waals surface area (Å²) >= 11 is 9.06. The standard InChI is InChI=1S/C10H11BrClNO2/c1-13(4-5-14)10(15)7-2-3-9(12)8(11)6-7/h2-3,6,14H,4-5H2,1H3. The van der Waals surface area contributed by atoms with Gasteiger partial charge in [0.05, 0.1) is 11.6 Å².